The summed E-state index contributed by atoms with van der Waals surface area (Å²) in [5.74, 6) is 2.44. The first-order valence-electron chi connectivity index (χ1n) is 6.14. The second-order valence-corrected chi connectivity index (χ2v) is 6.66. The average molecular weight is 268 g/mol. The van der Waals surface area contributed by atoms with E-state index in [1.54, 1.807) is 0 Å². The highest BCUT2D eigenvalue weighted by Gasteiger charge is 2.17. The van der Waals surface area contributed by atoms with Gasteiger partial charge >= 0.3 is 0 Å². The Bertz CT molecular complexity index is 682. The average Bonchev–Trinajstić information content (AvgIpc) is 2.48. The number of fused-ring (bicyclic) bond motifs is 6. The Morgan fingerprint density at radius 1 is 0.556 bits per heavy atom. The molecule has 0 saturated heterocycles. The summed E-state index contributed by atoms with van der Waals surface area (Å²) < 4.78 is 0. The molecule has 0 bridgehead atoms. The molecule has 0 fully saturated rings. The van der Waals surface area contributed by atoms with Gasteiger partial charge in [0.25, 0.3) is 0 Å². The second-order valence-electron chi connectivity index (χ2n) is 4.45. The van der Waals surface area contributed by atoms with E-state index in [0.29, 0.717) is 0 Å². The summed E-state index contributed by atoms with van der Waals surface area (Å²) in [5, 5.41) is 5.62. The molecule has 18 heavy (non-hydrogen) atoms. The lowest BCUT2D eigenvalue weighted by Crippen LogP contribution is -1.96. The minimum absolute atomic E-state index is 1.22. The molecule has 88 valence electrons. The molecular formula is C16H12S2. The Kier molecular flexibility index (Phi) is 2.52. The van der Waals surface area contributed by atoms with Crippen LogP contribution in [0.2, 0.25) is 0 Å². The Morgan fingerprint density at radius 2 is 0.944 bits per heavy atom. The minimum Gasteiger partial charge on any atom is -0.123 e. The fraction of sp³-hybridized carbons (Fsp3) is 0.125. The van der Waals surface area contributed by atoms with Crippen molar-refractivity contribution in [3.8, 4) is 0 Å². The number of rotatable bonds is 0. The van der Waals surface area contributed by atoms with E-state index in [1.807, 2.05) is 23.5 Å². The number of hydrogen-bond donors (Lipinski definition) is 0. The van der Waals surface area contributed by atoms with E-state index in [0.717, 1.165) is 0 Å². The molecule has 2 heteroatoms. The SMILES string of the molecule is c1ccc2c(c1)c1c(c3ccccc32)SCCS1. The Balaban J connectivity index is 2.28. The molecule has 0 nitrogen and oxygen atoms in total. The highest BCUT2D eigenvalue weighted by Crippen LogP contribution is 2.46. The first-order valence-corrected chi connectivity index (χ1v) is 8.11. The molecule has 3 aromatic rings. The van der Waals surface area contributed by atoms with Gasteiger partial charge < -0.3 is 0 Å². The molecule has 0 unspecified atom stereocenters. The van der Waals surface area contributed by atoms with Crippen molar-refractivity contribution in [2.45, 2.75) is 9.79 Å². The summed E-state index contributed by atoms with van der Waals surface area (Å²) in [6.45, 7) is 0. The van der Waals surface area contributed by atoms with Crippen molar-refractivity contribution in [1.82, 2.24) is 0 Å². The molecule has 0 amide bonds. The van der Waals surface area contributed by atoms with Crippen LogP contribution in [0.1, 0.15) is 0 Å². The molecule has 1 aliphatic rings. The van der Waals surface area contributed by atoms with Crippen molar-refractivity contribution in [2.24, 2.45) is 0 Å². The first kappa shape index (κ1) is 10.8. The van der Waals surface area contributed by atoms with Crippen molar-refractivity contribution in [2.75, 3.05) is 11.5 Å². The Hall–Kier alpha value is -1.12. The molecule has 0 N–H and O–H groups in total. The van der Waals surface area contributed by atoms with Crippen molar-refractivity contribution >= 4 is 45.1 Å². The molecule has 4 rings (SSSR count). The third kappa shape index (κ3) is 1.49. The lowest BCUT2D eigenvalue weighted by atomic mass is 10.0. The molecular weight excluding hydrogens is 256 g/mol. The predicted octanol–water partition coefficient (Wildman–Crippen LogP) is 5.19. The number of benzene rings is 3. The molecule has 1 heterocycles. The van der Waals surface area contributed by atoms with Crippen LogP contribution in [-0.2, 0) is 0 Å². The van der Waals surface area contributed by atoms with Crippen LogP contribution < -0.4 is 0 Å². The van der Waals surface area contributed by atoms with E-state index in [-0.39, 0.29) is 0 Å². The van der Waals surface area contributed by atoms with Gasteiger partial charge in [0.05, 0.1) is 0 Å². The zero-order chi connectivity index (χ0) is 11.9. The Morgan fingerprint density at radius 3 is 1.39 bits per heavy atom. The van der Waals surface area contributed by atoms with E-state index in [1.165, 1.54) is 42.8 Å². The van der Waals surface area contributed by atoms with Crippen molar-refractivity contribution in [3.63, 3.8) is 0 Å². The standard InChI is InChI=1S/C16H12S2/c1-3-7-13-11(5-1)12-6-2-4-8-14(12)16-15(13)17-9-10-18-16/h1-8H,9-10H2. The van der Waals surface area contributed by atoms with E-state index >= 15 is 0 Å². The van der Waals surface area contributed by atoms with E-state index in [9.17, 15) is 0 Å². The molecule has 0 aromatic heterocycles. The lowest BCUT2D eigenvalue weighted by molar-refractivity contribution is 1.31. The highest BCUT2D eigenvalue weighted by molar-refractivity contribution is 8.06. The normalized spacial score (nSPS) is 14.9. The minimum atomic E-state index is 1.22. The van der Waals surface area contributed by atoms with Crippen LogP contribution in [0.4, 0.5) is 0 Å². The molecule has 0 spiro atoms. The zero-order valence-corrected chi connectivity index (χ0v) is 11.5. The number of thioether (sulfide) groups is 2. The maximum atomic E-state index is 2.26. The molecule has 0 aliphatic carbocycles. The number of hydrogen-bond acceptors (Lipinski definition) is 2. The maximum absolute atomic E-state index is 2.26. The maximum Gasteiger partial charge on any atom is 0.0293 e. The lowest BCUT2D eigenvalue weighted by Gasteiger charge is -2.20. The van der Waals surface area contributed by atoms with Crippen LogP contribution in [0.15, 0.2) is 58.3 Å². The second kappa shape index (κ2) is 4.22. The van der Waals surface area contributed by atoms with Crippen LogP contribution in [0, 0.1) is 0 Å². The van der Waals surface area contributed by atoms with Gasteiger partial charge in [-0.15, -0.1) is 23.5 Å². The first-order chi connectivity index (χ1) is 8.95. The van der Waals surface area contributed by atoms with Gasteiger partial charge in [0.1, 0.15) is 0 Å². The van der Waals surface area contributed by atoms with Gasteiger partial charge in [-0.1, -0.05) is 48.5 Å². The van der Waals surface area contributed by atoms with Gasteiger partial charge in [-0.25, -0.2) is 0 Å². The van der Waals surface area contributed by atoms with Crippen molar-refractivity contribution in [3.05, 3.63) is 48.5 Å². The van der Waals surface area contributed by atoms with Gasteiger partial charge in [0.15, 0.2) is 0 Å². The summed E-state index contributed by atoms with van der Waals surface area (Å²) >= 11 is 4.02. The van der Waals surface area contributed by atoms with Gasteiger partial charge in [-0.3, -0.25) is 0 Å². The smallest absolute Gasteiger partial charge is 0.0293 e. The Labute approximate surface area is 115 Å². The topological polar surface area (TPSA) is 0 Å². The van der Waals surface area contributed by atoms with Crippen LogP contribution in [0.3, 0.4) is 0 Å². The van der Waals surface area contributed by atoms with Crippen molar-refractivity contribution < 1.29 is 0 Å². The quantitative estimate of drug-likeness (QED) is 0.514. The van der Waals surface area contributed by atoms with Gasteiger partial charge in [0, 0.05) is 21.3 Å². The predicted molar refractivity (Wildman–Crippen MR) is 82.9 cm³/mol. The molecule has 3 aromatic carbocycles. The van der Waals surface area contributed by atoms with Crippen LogP contribution >= 0.6 is 23.5 Å². The van der Waals surface area contributed by atoms with Crippen LogP contribution in [-0.4, -0.2) is 11.5 Å². The monoisotopic (exact) mass is 268 g/mol. The third-order valence-electron chi connectivity index (χ3n) is 3.42. The fourth-order valence-electron chi connectivity index (χ4n) is 2.65. The third-order valence-corrected chi connectivity index (χ3v) is 6.05. The van der Waals surface area contributed by atoms with Crippen molar-refractivity contribution in [1.29, 1.82) is 0 Å². The van der Waals surface area contributed by atoms with E-state index in [4.69, 9.17) is 0 Å². The zero-order valence-electron chi connectivity index (χ0n) is 9.85. The summed E-state index contributed by atoms with van der Waals surface area (Å²) in [4.78, 5) is 2.97. The molecule has 0 saturated carbocycles. The highest BCUT2D eigenvalue weighted by atomic mass is 32.2. The summed E-state index contributed by atoms with van der Waals surface area (Å²) in [6.07, 6.45) is 0. The summed E-state index contributed by atoms with van der Waals surface area (Å²) in [5.41, 5.74) is 0. The van der Waals surface area contributed by atoms with Crippen LogP contribution in [0.25, 0.3) is 21.5 Å². The molecule has 1 aliphatic heterocycles. The summed E-state index contributed by atoms with van der Waals surface area (Å²) in [6, 6.07) is 17.6. The fourth-order valence-corrected chi connectivity index (χ4v) is 5.23. The van der Waals surface area contributed by atoms with Gasteiger partial charge in [0.2, 0.25) is 0 Å². The largest absolute Gasteiger partial charge is 0.123 e. The molecule has 0 radical (unpaired) electrons. The van der Waals surface area contributed by atoms with E-state index in [2.05, 4.69) is 48.5 Å². The van der Waals surface area contributed by atoms with Crippen LogP contribution in [0.5, 0.6) is 0 Å². The van der Waals surface area contributed by atoms with E-state index < -0.39 is 0 Å². The summed E-state index contributed by atoms with van der Waals surface area (Å²) in [7, 11) is 0. The van der Waals surface area contributed by atoms with Gasteiger partial charge in [-0.05, 0) is 21.5 Å². The van der Waals surface area contributed by atoms with Gasteiger partial charge in [-0.2, -0.15) is 0 Å². The molecule has 0 atom stereocenters.